The number of amides is 2. The minimum Gasteiger partial charge on any atom is -0.480 e. The predicted molar refractivity (Wildman–Crippen MR) is 115 cm³/mol. The van der Waals surface area contributed by atoms with Gasteiger partial charge in [-0.1, -0.05) is 72.8 Å². The molecule has 8 heteroatoms. The zero-order chi connectivity index (χ0) is 22.5. The Balaban J connectivity index is 1.70. The Hall–Kier alpha value is -3.65. The van der Waals surface area contributed by atoms with E-state index in [0.717, 1.165) is 11.1 Å². The lowest BCUT2D eigenvalue weighted by Gasteiger charge is -2.15. The highest BCUT2D eigenvalue weighted by molar-refractivity contribution is 5.84. The molecule has 0 spiro atoms. The van der Waals surface area contributed by atoms with Crippen LogP contribution in [0.2, 0.25) is 0 Å². The molecule has 2 aromatic carbocycles. The second-order valence-corrected chi connectivity index (χ2v) is 6.81. The number of hydrogen-bond donors (Lipinski definition) is 4. The quantitative estimate of drug-likeness (QED) is 0.437. The van der Waals surface area contributed by atoms with E-state index in [2.05, 4.69) is 10.6 Å². The maximum absolute atomic E-state index is 12.1. The summed E-state index contributed by atoms with van der Waals surface area (Å²) in [4.78, 5) is 35.1. The third-order valence-electron chi connectivity index (χ3n) is 4.23. The van der Waals surface area contributed by atoms with Gasteiger partial charge in [-0.25, -0.2) is 9.59 Å². The normalized spacial score (nSPS) is 12.7. The van der Waals surface area contributed by atoms with Gasteiger partial charge in [-0.15, -0.1) is 0 Å². The number of aliphatic hydroxyl groups excluding tert-OH is 1. The molecule has 4 N–H and O–H groups in total. The van der Waals surface area contributed by atoms with E-state index in [1.54, 1.807) is 24.3 Å². The zero-order valence-electron chi connectivity index (χ0n) is 16.9. The van der Waals surface area contributed by atoms with Crippen LogP contribution in [0.3, 0.4) is 0 Å². The smallest absolute Gasteiger partial charge is 0.407 e. The Morgan fingerprint density at radius 2 is 1.65 bits per heavy atom. The van der Waals surface area contributed by atoms with E-state index in [1.165, 1.54) is 0 Å². The number of aliphatic carboxylic acids is 1. The van der Waals surface area contributed by atoms with Gasteiger partial charge in [0.05, 0.1) is 12.5 Å². The zero-order valence-corrected chi connectivity index (χ0v) is 16.9. The summed E-state index contributed by atoms with van der Waals surface area (Å²) in [7, 11) is 0. The van der Waals surface area contributed by atoms with E-state index >= 15 is 0 Å². The number of alkyl carbamates (subject to hydrolysis) is 1. The molecule has 0 unspecified atom stereocenters. The Labute approximate surface area is 180 Å². The first-order valence-corrected chi connectivity index (χ1v) is 9.80. The molecule has 0 aliphatic heterocycles. The number of nitrogens with one attached hydrogen (secondary N) is 2. The summed E-state index contributed by atoms with van der Waals surface area (Å²) in [5.74, 6) is -1.81. The minimum atomic E-state index is -1.18. The molecule has 0 aliphatic rings. The predicted octanol–water partition coefficient (Wildman–Crippen LogP) is 2.34. The number of rotatable bonds is 11. The summed E-state index contributed by atoms with van der Waals surface area (Å²) >= 11 is 0. The summed E-state index contributed by atoms with van der Waals surface area (Å²) in [6.45, 7) is -0.118. The largest absolute Gasteiger partial charge is 0.480 e. The van der Waals surface area contributed by atoms with Crippen molar-refractivity contribution in [3.05, 3.63) is 77.9 Å². The molecule has 2 aromatic rings. The highest BCUT2D eigenvalue weighted by Crippen LogP contribution is 2.05. The summed E-state index contributed by atoms with van der Waals surface area (Å²) < 4.78 is 5.01. The van der Waals surface area contributed by atoms with Crippen molar-refractivity contribution >= 4 is 24.0 Å². The molecule has 0 saturated carbocycles. The molecule has 0 fully saturated rings. The fourth-order valence-electron chi connectivity index (χ4n) is 2.64. The molecule has 31 heavy (non-hydrogen) atoms. The minimum absolute atomic E-state index is 0.0834. The van der Waals surface area contributed by atoms with Gasteiger partial charge in [-0.2, -0.15) is 0 Å². The summed E-state index contributed by atoms with van der Waals surface area (Å²) in [5, 5.41) is 24.0. The van der Waals surface area contributed by atoms with Crippen LogP contribution in [0.15, 0.2) is 66.7 Å². The monoisotopic (exact) mass is 426 g/mol. The summed E-state index contributed by atoms with van der Waals surface area (Å²) in [5.41, 5.74) is 1.73. The van der Waals surface area contributed by atoms with Crippen LogP contribution in [0.1, 0.15) is 24.0 Å². The molecule has 0 aromatic heterocycles. The molecule has 2 atom stereocenters. The lowest BCUT2D eigenvalue weighted by molar-refractivity contribution is -0.142. The van der Waals surface area contributed by atoms with Crippen LogP contribution in [-0.4, -0.2) is 46.9 Å². The van der Waals surface area contributed by atoms with Gasteiger partial charge < -0.3 is 25.6 Å². The van der Waals surface area contributed by atoms with Gasteiger partial charge >= 0.3 is 12.1 Å². The third kappa shape index (κ3) is 9.60. The Morgan fingerprint density at radius 1 is 1.00 bits per heavy atom. The standard InChI is InChI=1S/C23H26N2O6/c26-19(15-24-23(30)31-16-18-10-5-2-6-11-18)14-21(27)25-20(22(28)29)13-7-12-17-8-3-1-4-9-17/h1-12,19-20,26H,13-16H2,(H,24,30)(H,25,27)(H,28,29)/b12-7+/t19-,20-/m1/s1. The van der Waals surface area contributed by atoms with E-state index in [0.29, 0.717) is 0 Å². The molecule has 0 heterocycles. The average Bonchev–Trinajstić information content (AvgIpc) is 2.77. The molecule has 0 aliphatic carbocycles. The van der Waals surface area contributed by atoms with Crippen molar-refractivity contribution in [2.75, 3.05) is 6.54 Å². The highest BCUT2D eigenvalue weighted by atomic mass is 16.5. The van der Waals surface area contributed by atoms with E-state index in [1.807, 2.05) is 48.5 Å². The van der Waals surface area contributed by atoms with Crippen molar-refractivity contribution in [3.8, 4) is 0 Å². The first-order valence-electron chi connectivity index (χ1n) is 9.80. The number of carboxylic acids is 1. The van der Waals surface area contributed by atoms with E-state index in [-0.39, 0.29) is 26.0 Å². The van der Waals surface area contributed by atoms with Crippen molar-refractivity contribution < 1.29 is 29.3 Å². The van der Waals surface area contributed by atoms with Gasteiger partial charge in [-0.3, -0.25) is 4.79 Å². The average molecular weight is 426 g/mol. The van der Waals surface area contributed by atoms with Gasteiger partial charge in [0, 0.05) is 6.54 Å². The second kappa shape index (κ2) is 12.8. The highest BCUT2D eigenvalue weighted by Gasteiger charge is 2.20. The lowest BCUT2D eigenvalue weighted by atomic mass is 10.1. The number of carboxylic acid groups (broad SMARTS) is 1. The van der Waals surface area contributed by atoms with Crippen LogP contribution in [0.25, 0.3) is 6.08 Å². The maximum atomic E-state index is 12.1. The van der Waals surface area contributed by atoms with Crippen molar-refractivity contribution in [3.63, 3.8) is 0 Å². The molecule has 0 saturated heterocycles. The molecule has 8 nitrogen and oxygen atoms in total. The van der Waals surface area contributed by atoms with Crippen LogP contribution in [-0.2, 0) is 20.9 Å². The number of ether oxygens (including phenoxy) is 1. The Morgan fingerprint density at radius 3 is 2.29 bits per heavy atom. The van der Waals surface area contributed by atoms with Crippen molar-refractivity contribution in [2.45, 2.75) is 31.6 Å². The van der Waals surface area contributed by atoms with Gasteiger partial charge in [-0.05, 0) is 17.5 Å². The SMILES string of the molecule is O=C(C[C@@H](O)CNC(=O)OCc1ccccc1)N[C@H](C/C=C/c1ccccc1)C(=O)O. The van der Waals surface area contributed by atoms with Crippen LogP contribution in [0, 0.1) is 0 Å². The third-order valence-corrected chi connectivity index (χ3v) is 4.23. The number of carbonyl (C=O) groups excluding carboxylic acids is 2. The van der Waals surface area contributed by atoms with Crippen molar-refractivity contribution in [1.29, 1.82) is 0 Å². The first kappa shape index (κ1) is 23.6. The van der Waals surface area contributed by atoms with E-state index in [4.69, 9.17) is 4.74 Å². The van der Waals surface area contributed by atoms with Crippen LogP contribution in [0.4, 0.5) is 4.79 Å². The number of aliphatic hydroxyl groups is 1. The summed E-state index contributed by atoms with van der Waals surface area (Å²) in [6, 6.07) is 17.3. The molecule has 2 amide bonds. The van der Waals surface area contributed by atoms with E-state index < -0.39 is 30.1 Å². The molecule has 0 radical (unpaired) electrons. The molecule has 2 rings (SSSR count). The van der Waals surface area contributed by atoms with Gasteiger partial charge in [0.2, 0.25) is 5.91 Å². The van der Waals surface area contributed by atoms with Crippen LogP contribution >= 0.6 is 0 Å². The second-order valence-electron chi connectivity index (χ2n) is 6.81. The Bertz CT molecular complexity index is 870. The fourth-order valence-corrected chi connectivity index (χ4v) is 2.64. The molecular weight excluding hydrogens is 400 g/mol. The van der Waals surface area contributed by atoms with Crippen LogP contribution < -0.4 is 10.6 Å². The number of benzene rings is 2. The topological polar surface area (TPSA) is 125 Å². The Kier molecular flexibility index (Phi) is 9.77. The van der Waals surface area contributed by atoms with Gasteiger partial charge in [0.15, 0.2) is 0 Å². The van der Waals surface area contributed by atoms with E-state index in [9.17, 15) is 24.6 Å². The van der Waals surface area contributed by atoms with Crippen molar-refractivity contribution in [1.82, 2.24) is 10.6 Å². The van der Waals surface area contributed by atoms with Crippen molar-refractivity contribution in [2.24, 2.45) is 0 Å². The lowest BCUT2D eigenvalue weighted by Crippen LogP contribution is -2.43. The molecule has 0 bridgehead atoms. The number of hydrogen-bond acceptors (Lipinski definition) is 5. The van der Waals surface area contributed by atoms with Gasteiger partial charge in [0.25, 0.3) is 0 Å². The van der Waals surface area contributed by atoms with Gasteiger partial charge in [0.1, 0.15) is 12.6 Å². The molecular formula is C23H26N2O6. The first-order chi connectivity index (χ1) is 14.9. The fraction of sp³-hybridized carbons (Fsp3) is 0.261. The molecule has 164 valence electrons. The summed E-state index contributed by atoms with van der Waals surface area (Å²) in [6.07, 6.45) is 1.26. The number of carbonyl (C=O) groups is 3. The maximum Gasteiger partial charge on any atom is 0.407 e. The van der Waals surface area contributed by atoms with Crippen LogP contribution in [0.5, 0.6) is 0 Å².